The van der Waals surface area contributed by atoms with Crippen LogP contribution >= 0.6 is 0 Å². The Hall–Kier alpha value is -5.46. The zero-order valence-electron chi connectivity index (χ0n) is 43.4. The molecule has 0 aromatic rings. The van der Waals surface area contributed by atoms with E-state index in [1.807, 2.05) is 5.32 Å². The fourth-order valence-electron chi connectivity index (χ4n) is 8.62. The van der Waals surface area contributed by atoms with E-state index in [0.717, 1.165) is 20.8 Å². The molecule has 3 saturated heterocycles. The van der Waals surface area contributed by atoms with Gasteiger partial charge in [-0.1, -0.05) is 0 Å². The summed E-state index contributed by atoms with van der Waals surface area (Å²) >= 11 is 0. The molecule has 21 N–H and O–H groups in total. The number of carboxylic acids is 2. The number of nitrogens with one attached hydrogen (secondary N) is 8. The maximum Gasteiger partial charge on any atom is 0.397 e. The quantitative estimate of drug-likeness (QED) is 0.0220. The third-order valence-electron chi connectivity index (χ3n) is 12.7. The number of carboxylic acid groups (broad SMARTS) is 2. The highest BCUT2D eigenvalue weighted by Gasteiger charge is 2.52. The third-order valence-corrected chi connectivity index (χ3v) is 13.2. The molecular formula is C43H73N9O27S. The Kier molecular flexibility index (Phi) is 27.7. The van der Waals surface area contributed by atoms with Crippen molar-refractivity contribution in [3.63, 3.8) is 0 Å². The van der Waals surface area contributed by atoms with Crippen molar-refractivity contribution in [1.82, 2.24) is 42.5 Å². The highest BCUT2D eigenvalue weighted by atomic mass is 32.3. The number of rotatable bonds is 32. The van der Waals surface area contributed by atoms with E-state index in [1.54, 1.807) is 0 Å². The van der Waals surface area contributed by atoms with Crippen molar-refractivity contribution in [2.45, 2.75) is 175 Å². The number of carbonyl (C=O) groups excluding carboxylic acids is 7. The third kappa shape index (κ3) is 20.2. The lowest BCUT2D eigenvalue weighted by molar-refractivity contribution is -0.281. The molecule has 0 aliphatic carbocycles. The van der Waals surface area contributed by atoms with Gasteiger partial charge in [-0.05, 0) is 45.6 Å². The molecule has 0 saturated carbocycles. The Balaban J connectivity index is 1.99. The van der Waals surface area contributed by atoms with E-state index in [0.29, 0.717) is 0 Å². The molecule has 3 aliphatic rings. The van der Waals surface area contributed by atoms with Crippen LogP contribution < -0.4 is 48.3 Å². The Labute approximate surface area is 456 Å². The first kappa shape index (κ1) is 68.8. The van der Waals surface area contributed by atoms with Gasteiger partial charge in [0.2, 0.25) is 41.4 Å². The number of aliphatic hydroxyl groups is 8. The fourth-order valence-corrected chi connectivity index (χ4v) is 9.14. The van der Waals surface area contributed by atoms with Crippen LogP contribution in [0, 0.1) is 0 Å². The number of nitrogens with two attached hydrogens (primary N) is 1. The molecule has 3 heterocycles. The van der Waals surface area contributed by atoms with Crippen LogP contribution in [0.5, 0.6) is 0 Å². The second-order valence-corrected chi connectivity index (χ2v) is 19.8. The number of amides is 7. The van der Waals surface area contributed by atoms with Gasteiger partial charge in [0.1, 0.15) is 78.9 Å². The summed E-state index contributed by atoms with van der Waals surface area (Å²) in [5, 5.41) is 120. The first-order valence-corrected chi connectivity index (χ1v) is 26.2. The molecule has 0 radical (unpaired) electrons. The summed E-state index contributed by atoms with van der Waals surface area (Å²) in [7, 11) is -5.26. The van der Waals surface area contributed by atoms with Crippen LogP contribution in [-0.2, 0) is 76.7 Å². The standard InChI is InChI=1S/C43H73N9O27S/c1-16(75-42-30(45-17(2)58)33(63)32(62)26(14-56)77-42)29(40(69)50-23(12-54)39(68)49-20(7-8-28(60)61)36(65)51-24(13-55)41(70)71)52-37(66)19(6-4-5-9-44)48-38(67)21-10-25(22(11-53)47-21)76-43-31(46-18(3)59)34(64)35(27(15-57)78-43)79-80(72,73)74/h16,19-27,29-35,42-43,47,53-57,62-64H,4-15,44H2,1-3H3,(H,45,58)(H,46,59)(H,48,67)(H,49,68)(H,50,69)(H,51,65)(H,52,66)(H,60,61)(H,70,71)(H,72,73,74)/t16?,19?,20?,21?,22?,23?,24?,25?,26-,27-,29?,30-,31-,32-,33-,34-,35-,42-,43-/m1/s1. The van der Waals surface area contributed by atoms with Gasteiger partial charge in [-0.25, -0.2) is 8.98 Å². The largest absolute Gasteiger partial charge is 0.481 e. The lowest BCUT2D eigenvalue weighted by atomic mass is 9.96. The number of hydrogen-bond acceptors (Lipinski definition) is 26. The Bertz CT molecular complexity index is 2240. The Morgan fingerprint density at radius 1 is 0.675 bits per heavy atom. The van der Waals surface area contributed by atoms with E-state index in [9.17, 15) is 107 Å². The van der Waals surface area contributed by atoms with E-state index in [1.165, 1.54) is 0 Å². The topological polar surface area (TPSA) is 579 Å². The summed E-state index contributed by atoms with van der Waals surface area (Å²) in [4.78, 5) is 117. The van der Waals surface area contributed by atoms with Crippen molar-refractivity contribution in [2.24, 2.45) is 5.73 Å². The highest BCUT2D eigenvalue weighted by molar-refractivity contribution is 7.80. The van der Waals surface area contributed by atoms with Crippen LogP contribution in [0.1, 0.15) is 59.3 Å². The Morgan fingerprint density at radius 3 is 1.74 bits per heavy atom. The van der Waals surface area contributed by atoms with Crippen molar-refractivity contribution in [1.29, 1.82) is 0 Å². The summed E-state index contributed by atoms with van der Waals surface area (Å²) < 4.78 is 60.1. The summed E-state index contributed by atoms with van der Waals surface area (Å²) in [6.45, 7) is -1.84. The first-order chi connectivity index (χ1) is 37.5. The lowest BCUT2D eigenvalue weighted by Crippen LogP contribution is -2.66. The molecule has 3 rings (SSSR count). The number of carbonyl (C=O) groups is 9. The van der Waals surface area contributed by atoms with Crippen molar-refractivity contribution >= 4 is 63.7 Å². The van der Waals surface area contributed by atoms with E-state index in [2.05, 4.69) is 41.4 Å². The summed E-state index contributed by atoms with van der Waals surface area (Å²) in [5.74, 6) is -10.9. The molecular weight excluding hydrogens is 1110 g/mol. The van der Waals surface area contributed by atoms with Crippen LogP contribution in [0.2, 0.25) is 0 Å². The molecule has 458 valence electrons. The van der Waals surface area contributed by atoms with Crippen molar-refractivity contribution < 1.29 is 130 Å². The van der Waals surface area contributed by atoms with Gasteiger partial charge in [-0.2, -0.15) is 8.42 Å². The van der Waals surface area contributed by atoms with Gasteiger partial charge in [-0.3, -0.25) is 48.2 Å². The van der Waals surface area contributed by atoms with Gasteiger partial charge in [-0.15, -0.1) is 0 Å². The van der Waals surface area contributed by atoms with Crippen LogP contribution in [0.3, 0.4) is 0 Å². The predicted octanol–water partition coefficient (Wildman–Crippen LogP) is -11.3. The van der Waals surface area contributed by atoms with Crippen molar-refractivity contribution in [3.05, 3.63) is 0 Å². The van der Waals surface area contributed by atoms with Crippen LogP contribution in [0.15, 0.2) is 0 Å². The maximum absolute atomic E-state index is 14.5. The van der Waals surface area contributed by atoms with Crippen molar-refractivity contribution in [3.8, 4) is 0 Å². The average Bonchev–Trinajstić information content (AvgIpc) is 3.80. The van der Waals surface area contributed by atoms with Crippen LogP contribution in [-0.4, -0.2) is 273 Å². The van der Waals surface area contributed by atoms with Gasteiger partial charge in [0.15, 0.2) is 12.6 Å². The second-order valence-electron chi connectivity index (χ2n) is 18.8. The molecule has 0 bridgehead atoms. The van der Waals surface area contributed by atoms with Gasteiger partial charge >= 0.3 is 22.3 Å². The molecule has 3 fully saturated rings. The average molecular weight is 1180 g/mol. The lowest BCUT2D eigenvalue weighted by Gasteiger charge is -2.44. The number of unbranched alkanes of at least 4 members (excludes halogenated alkanes) is 1. The molecule has 9 unspecified atom stereocenters. The molecule has 7 amide bonds. The SMILES string of the molecule is CC(=O)N[C@H]1[C@H](OC2CC(C(=O)NC(CCCCN)C(=O)NC(C(=O)NC(CO)C(=O)NC(CCC(=O)O)C(=O)NC(CO)C(=O)O)C(C)O[C@@H]3O[C@H](CO)[C@@H](O)[C@H](O)[C@H]3NC(C)=O)NC2CO)O[C@H](CO)[C@@H](OS(=O)(=O)O)[C@@H]1O. The van der Waals surface area contributed by atoms with E-state index < -0.39 is 225 Å². The van der Waals surface area contributed by atoms with Crippen LogP contribution in [0.4, 0.5) is 0 Å². The summed E-state index contributed by atoms with van der Waals surface area (Å²) in [6.07, 6.45) is -19.2. The number of ether oxygens (including phenoxy) is 4. The number of aliphatic hydroxyl groups excluding tert-OH is 8. The minimum absolute atomic E-state index is 0.0913. The van der Waals surface area contributed by atoms with E-state index in [-0.39, 0.29) is 32.2 Å². The van der Waals surface area contributed by atoms with E-state index >= 15 is 0 Å². The highest BCUT2D eigenvalue weighted by Crippen LogP contribution is 2.30. The molecule has 0 spiro atoms. The zero-order chi connectivity index (χ0) is 60.3. The smallest absolute Gasteiger partial charge is 0.397 e. The van der Waals surface area contributed by atoms with Gasteiger partial charge in [0.25, 0.3) is 0 Å². The number of hydrogen-bond donors (Lipinski definition) is 20. The molecule has 37 heteroatoms. The molecule has 0 aromatic carbocycles. The van der Waals surface area contributed by atoms with Gasteiger partial charge in [0.05, 0.1) is 57.3 Å². The minimum atomic E-state index is -5.26. The monoisotopic (exact) mass is 1180 g/mol. The zero-order valence-corrected chi connectivity index (χ0v) is 44.2. The van der Waals surface area contributed by atoms with Gasteiger partial charge < -0.3 is 113 Å². The predicted molar refractivity (Wildman–Crippen MR) is 260 cm³/mol. The molecule has 3 aliphatic heterocycles. The maximum atomic E-state index is 14.5. The van der Waals surface area contributed by atoms with E-state index in [4.69, 9.17) is 24.7 Å². The molecule has 80 heavy (non-hydrogen) atoms. The second kappa shape index (κ2) is 32.3. The van der Waals surface area contributed by atoms with Crippen LogP contribution in [0.25, 0.3) is 0 Å². The molecule has 0 aromatic heterocycles. The first-order valence-electron chi connectivity index (χ1n) is 24.9. The summed E-state index contributed by atoms with van der Waals surface area (Å²) in [6, 6.07) is -15.3. The fraction of sp³-hybridized carbons (Fsp3) is 0.791. The molecule has 36 nitrogen and oxygen atoms in total. The summed E-state index contributed by atoms with van der Waals surface area (Å²) in [5.41, 5.74) is 5.70. The minimum Gasteiger partial charge on any atom is -0.481 e. The number of aliphatic carboxylic acids is 2. The van der Waals surface area contributed by atoms with Gasteiger partial charge in [0, 0.05) is 20.3 Å². The van der Waals surface area contributed by atoms with Crippen molar-refractivity contribution in [2.75, 3.05) is 39.6 Å². The Morgan fingerprint density at radius 2 is 1.21 bits per heavy atom. The molecule has 19 atom stereocenters. The normalized spacial score (nSPS) is 29.0.